The summed E-state index contributed by atoms with van der Waals surface area (Å²) in [5, 5.41) is 44.9. The van der Waals surface area contributed by atoms with Crippen LogP contribution in [0.4, 0.5) is 0 Å². The number of hydrogen-bond acceptors (Lipinski definition) is 10. The number of carboxylic acid groups (broad SMARTS) is 4. The maximum Gasteiger partial charge on any atom is 2.00 e. The van der Waals surface area contributed by atoms with Crippen molar-refractivity contribution in [2.75, 3.05) is 14.1 Å². The van der Waals surface area contributed by atoms with Crippen LogP contribution in [0.5, 0.6) is 0 Å². The van der Waals surface area contributed by atoms with Crippen LogP contribution in [0.15, 0.2) is 0 Å². The van der Waals surface area contributed by atoms with Crippen molar-refractivity contribution in [2.24, 2.45) is 0 Å². The third-order valence-electron chi connectivity index (χ3n) is 2.54. The second-order valence-corrected chi connectivity index (χ2v) is 4.14. The molecule has 0 heterocycles. The third-order valence-corrected chi connectivity index (χ3v) is 2.54. The van der Waals surface area contributed by atoms with Crippen molar-refractivity contribution in [3.8, 4) is 0 Å². The van der Waals surface area contributed by atoms with Crippen LogP contribution in [0.1, 0.15) is 25.7 Å². The number of carboxylic acids is 4. The molecule has 0 aromatic carbocycles. The Balaban J connectivity index is -0.000000154. The van der Waals surface area contributed by atoms with Gasteiger partial charge < -0.3 is 50.2 Å². The van der Waals surface area contributed by atoms with Crippen LogP contribution >= 0.6 is 0 Å². The molecule has 2 N–H and O–H groups in total. The SMILES string of the molecule is CN[C@@H](CCC(=O)[O-])C(=O)[O-].CN[C@@H](CCC(=O)[O-])C(=O)[O-].[Zn+2].[Zn+2]. The Hall–Kier alpha value is -0.953. The van der Waals surface area contributed by atoms with Crippen molar-refractivity contribution in [3.63, 3.8) is 0 Å². The Morgan fingerprint density at radius 3 is 1.08 bits per heavy atom. The van der Waals surface area contributed by atoms with E-state index in [1.54, 1.807) is 0 Å². The van der Waals surface area contributed by atoms with Gasteiger partial charge in [-0.15, -0.1) is 0 Å². The fourth-order valence-corrected chi connectivity index (χ4v) is 1.28. The smallest absolute Gasteiger partial charge is 0.550 e. The molecule has 0 bridgehead atoms. The fourth-order valence-electron chi connectivity index (χ4n) is 1.28. The van der Waals surface area contributed by atoms with E-state index in [-0.39, 0.29) is 64.6 Å². The monoisotopic (exact) mass is 446 g/mol. The minimum absolute atomic E-state index is 0. The van der Waals surface area contributed by atoms with E-state index in [0.717, 1.165) is 0 Å². The molecule has 0 fully saturated rings. The van der Waals surface area contributed by atoms with E-state index in [4.69, 9.17) is 0 Å². The summed E-state index contributed by atoms with van der Waals surface area (Å²) in [4.78, 5) is 40.1. The molecule has 0 aliphatic carbocycles. The second kappa shape index (κ2) is 18.4. The number of carbonyl (C=O) groups is 4. The number of hydrogen-bond donors (Lipinski definition) is 2. The summed E-state index contributed by atoms with van der Waals surface area (Å²) >= 11 is 0. The number of likely N-dealkylation sites (N-methyl/N-ethyl adjacent to an activating group) is 2. The van der Waals surface area contributed by atoms with Crippen molar-refractivity contribution in [1.29, 1.82) is 0 Å². The molecule has 0 rings (SSSR count). The van der Waals surface area contributed by atoms with Crippen LogP contribution in [0.3, 0.4) is 0 Å². The third kappa shape index (κ3) is 19.1. The molecule has 0 aromatic heterocycles. The van der Waals surface area contributed by atoms with Crippen molar-refractivity contribution in [3.05, 3.63) is 0 Å². The zero-order valence-electron chi connectivity index (χ0n) is 13.7. The number of rotatable bonds is 10. The van der Waals surface area contributed by atoms with E-state index >= 15 is 0 Å². The first kappa shape index (κ1) is 30.9. The molecule has 0 unspecified atom stereocenters. The Morgan fingerprint density at radius 1 is 0.708 bits per heavy atom. The quantitative estimate of drug-likeness (QED) is 0.304. The Morgan fingerprint density at radius 2 is 0.958 bits per heavy atom. The number of aliphatic carboxylic acids is 4. The molecule has 12 heteroatoms. The second-order valence-electron chi connectivity index (χ2n) is 4.14. The van der Waals surface area contributed by atoms with E-state index in [9.17, 15) is 39.6 Å². The van der Waals surface area contributed by atoms with Crippen LogP contribution in [-0.4, -0.2) is 50.1 Å². The van der Waals surface area contributed by atoms with Gasteiger partial charge in [0.15, 0.2) is 0 Å². The van der Waals surface area contributed by atoms with Crippen LogP contribution in [-0.2, 0) is 58.1 Å². The molecule has 0 aliphatic heterocycles. The van der Waals surface area contributed by atoms with E-state index in [2.05, 4.69) is 10.6 Å². The minimum Gasteiger partial charge on any atom is -0.550 e. The predicted molar refractivity (Wildman–Crippen MR) is 64.2 cm³/mol. The first-order chi connectivity index (χ1) is 10.1. The van der Waals surface area contributed by atoms with Gasteiger partial charge in [-0.3, -0.25) is 0 Å². The van der Waals surface area contributed by atoms with Crippen LogP contribution < -0.4 is 31.1 Å². The van der Waals surface area contributed by atoms with Gasteiger partial charge in [0.05, 0.1) is 11.9 Å². The minimum atomic E-state index is -1.30. The molecular weight excluding hydrogens is 431 g/mol. The van der Waals surface area contributed by atoms with E-state index in [0.29, 0.717) is 0 Å². The van der Waals surface area contributed by atoms with Gasteiger partial charge in [0, 0.05) is 24.0 Å². The summed E-state index contributed by atoms with van der Waals surface area (Å²) in [6.45, 7) is 0. The normalized spacial score (nSPS) is 11.4. The molecule has 0 saturated carbocycles. The largest absolute Gasteiger partial charge is 2.00 e. The van der Waals surface area contributed by atoms with Gasteiger partial charge >= 0.3 is 39.0 Å². The molecule has 24 heavy (non-hydrogen) atoms. The summed E-state index contributed by atoms with van der Waals surface area (Å²) in [7, 11) is 2.85. The molecular formula is C12H18N2O8Zn2. The maximum absolute atomic E-state index is 10.2. The van der Waals surface area contributed by atoms with Crippen molar-refractivity contribution in [2.45, 2.75) is 37.8 Å². The van der Waals surface area contributed by atoms with E-state index in [1.807, 2.05) is 0 Å². The maximum atomic E-state index is 10.2. The van der Waals surface area contributed by atoms with Crippen LogP contribution in [0.25, 0.3) is 0 Å². The zero-order chi connectivity index (χ0) is 17.7. The average Bonchev–Trinajstić information content (AvgIpc) is 2.39. The van der Waals surface area contributed by atoms with Gasteiger partial charge in [-0.05, 0) is 39.8 Å². The average molecular weight is 449 g/mol. The van der Waals surface area contributed by atoms with Gasteiger partial charge in [0.1, 0.15) is 0 Å². The van der Waals surface area contributed by atoms with Gasteiger partial charge in [-0.25, -0.2) is 0 Å². The van der Waals surface area contributed by atoms with E-state index in [1.165, 1.54) is 14.1 Å². The van der Waals surface area contributed by atoms with Crippen LogP contribution in [0.2, 0.25) is 0 Å². The van der Waals surface area contributed by atoms with Gasteiger partial charge in [0.2, 0.25) is 0 Å². The molecule has 0 radical (unpaired) electrons. The molecule has 0 aliphatic rings. The molecule has 0 spiro atoms. The van der Waals surface area contributed by atoms with Gasteiger partial charge in [-0.2, -0.15) is 0 Å². The Labute approximate surface area is 164 Å². The fraction of sp³-hybridized carbons (Fsp3) is 0.667. The first-order valence-corrected chi connectivity index (χ1v) is 6.31. The molecule has 0 saturated heterocycles. The molecule has 0 aromatic rings. The number of nitrogens with one attached hydrogen (secondary N) is 2. The summed E-state index contributed by atoms with van der Waals surface area (Å²) in [5.74, 6) is -5.11. The summed E-state index contributed by atoms with van der Waals surface area (Å²) < 4.78 is 0. The number of carbonyl (C=O) groups excluding carboxylic acids is 4. The summed E-state index contributed by atoms with van der Waals surface area (Å²) in [6.07, 6.45) is -0.582. The Bertz CT molecular complexity index is 359. The van der Waals surface area contributed by atoms with Gasteiger partial charge in [0.25, 0.3) is 0 Å². The zero-order valence-corrected chi connectivity index (χ0v) is 19.6. The Kier molecular flexibility index (Phi) is 23.7. The van der Waals surface area contributed by atoms with Crippen LogP contribution in [0, 0.1) is 0 Å². The predicted octanol–water partition coefficient (Wildman–Crippen LogP) is -6.30. The molecule has 10 nitrogen and oxygen atoms in total. The van der Waals surface area contributed by atoms with Gasteiger partial charge in [-0.1, -0.05) is 0 Å². The molecule has 2 atom stereocenters. The standard InChI is InChI=1S/2C6H11NO4.2Zn/c2*1-7-4(6(10)11)2-3-5(8)9;;/h2*4,7H,2-3H2,1H3,(H,8,9)(H,10,11);;/q;;2*+2/p-4/t2*4-;;/m00../s1. The van der Waals surface area contributed by atoms with Crippen molar-refractivity contribution in [1.82, 2.24) is 10.6 Å². The topological polar surface area (TPSA) is 185 Å². The van der Waals surface area contributed by atoms with E-state index < -0.39 is 36.0 Å². The summed E-state index contributed by atoms with van der Waals surface area (Å²) in [6, 6.07) is -1.82. The molecule has 128 valence electrons. The van der Waals surface area contributed by atoms with Crippen molar-refractivity contribution >= 4 is 23.9 Å². The first-order valence-electron chi connectivity index (χ1n) is 6.31. The summed E-state index contributed by atoms with van der Waals surface area (Å²) in [5.41, 5.74) is 0. The molecule has 0 amide bonds. The van der Waals surface area contributed by atoms with Crippen molar-refractivity contribution < 1.29 is 78.6 Å².